The number of halogens is 2. The summed E-state index contributed by atoms with van der Waals surface area (Å²) in [4.78, 5) is 4.67. The van der Waals surface area contributed by atoms with Crippen LogP contribution in [0.4, 0.5) is 4.39 Å². The lowest BCUT2D eigenvalue weighted by atomic mass is 9.57. The van der Waals surface area contributed by atoms with E-state index in [9.17, 15) is 4.39 Å². The monoisotopic (exact) mass is 461 g/mol. The van der Waals surface area contributed by atoms with E-state index in [4.69, 9.17) is 4.74 Å². The first-order chi connectivity index (χ1) is 11.5. The number of hydrogen-bond acceptors (Lipinski definition) is 2. The number of ether oxygens (including phenoxy) is 1. The summed E-state index contributed by atoms with van der Waals surface area (Å²) in [6, 6.07) is 7.11. The van der Waals surface area contributed by atoms with Gasteiger partial charge in [0.1, 0.15) is 5.82 Å². The van der Waals surface area contributed by atoms with Gasteiger partial charge in [-0.3, -0.25) is 4.99 Å². The maximum absolute atomic E-state index is 13.2. The normalized spacial score (nSPS) is 27.0. The molecule has 1 aliphatic heterocycles. The van der Waals surface area contributed by atoms with Gasteiger partial charge in [-0.15, -0.1) is 24.0 Å². The van der Waals surface area contributed by atoms with Crippen LogP contribution in [0.25, 0.3) is 0 Å². The fraction of sp³-hybridized carbons (Fsp3) is 0.632. The van der Waals surface area contributed by atoms with Gasteiger partial charge < -0.3 is 15.4 Å². The molecule has 3 rings (SSSR count). The van der Waals surface area contributed by atoms with Crippen LogP contribution in [-0.2, 0) is 11.2 Å². The zero-order valence-corrected chi connectivity index (χ0v) is 17.5. The molecule has 0 spiro atoms. The fourth-order valence-corrected chi connectivity index (χ4v) is 4.07. The van der Waals surface area contributed by atoms with E-state index < -0.39 is 0 Å². The van der Waals surface area contributed by atoms with Crippen molar-refractivity contribution in [3.63, 3.8) is 0 Å². The van der Waals surface area contributed by atoms with Gasteiger partial charge in [-0.2, -0.15) is 0 Å². The van der Waals surface area contributed by atoms with Gasteiger partial charge in [-0.25, -0.2) is 4.39 Å². The molecule has 1 saturated carbocycles. The second kappa shape index (κ2) is 8.66. The standard InChI is InChI=1S/C19H28FN3O.HI/c1-4-21-18(22-10-8-13-6-5-7-14(20)12-13)23-16-15-9-11-24-17(15)19(16,2)3;/h5-7,12,15-17H,4,8-11H2,1-3H3,(H2,21,22,23);1H. The minimum Gasteiger partial charge on any atom is -0.377 e. The highest BCUT2D eigenvalue weighted by atomic mass is 127. The highest BCUT2D eigenvalue weighted by molar-refractivity contribution is 14.0. The van der Waals surface area contributed by atoms with Crippen LogP contribution < -0.4 is 10.6 Å². The number of benzene rings is 1. The first kappa shape index (κ1) is 20.4. The Hall–Kier alpha value is -0.890. The Morgan fingerprint density at radius 2 is 2.20 bits per heavy atom. The van der Waals surface area contributed by atoms with E-state index >= 15 is 0 Å². The van der Waals surface area contributed by atoms with Crippen LogP contribution in [-0.4, -0.2) is 37.8 Å². The van der Waals surface area contributed by atoms with Gasteiger partial charge in [0.2, 0.25) is 0 Å². The van der Waals surface area contributed by atoms with Crippen LogP contribution in [0.2, 0.25) is 0 Å². The molecule has 1 aliphatic carbocycles. The molecular weight excluding hydrogens is 432 g/mol. The molecule has 2 N–H and O–H groups in total. The molecule has 3 atom stereocenters. The highest BCUT2D eigenvalue weighted by Gasteiger charge is 2.59. The van der Waals surface area contributed by atoms with Crippen molar-refractivity contribution < 1.29 is 9.13 Å². The summed E-state index contributed by atoms with van der Waals surface area (Å²) in [6.07, 6.45) is 2.22. The number of nitrogens with one attached hydrogen (secondary N) is 2. The van der Waals surface area contributed by atoms with Gasteiger partial charge in [0.25, 0.3) is 0 Å². The first-order valence-corrected chi connectivity index (χ1v) is 8.93. The molecule has 0 bridgehead atoms. The zero-order chi connectivity index (χ0) is 17.2. The average Bonchev–Trinajstić information content (AvgIpc) is 2.99. The van der Waals surface area contributed by atoms with Gasteiger partial charge >= 0.3 is 0 Å². The Kier molecular flexibility index (Phi) is 7.08. The topological polar surface area (TPSA) is 45.7 Å². The number of aliphatic imine (C=N–C) groups is 1. The van der Waals surface area contributed by atoms with Crippen LogP contribution in [0.3, 0.4) is 0 Å². The lowest BCUT2D eigenvalue weighted by molar-refractivity contribution is -0.106. The quantitative estimate of drug-likeness (QED) is 0.402. The predicted molar refractivity (Wildman–Crippen MR) is 110 cm³/mol. The number of rotatable bonds is 5. The third-order valence-electron chi connectivity index (χ3n) is 5.30. The average molecular weight is 461 g/mol. The van der Waals surface area contributed by atoms with Crippen molar-refractivity contribution in [2.45, 2.75) is 45.8 Å². The zero-order valence-electron chi connectivity index (χ0n) is 15.2. The summed E-state index contributed by atoms with van der Waals surface area (Å²) in [7, 11) is 0. The molecule has 0 radical (unpaired) electrons. The minimum absolute atomic E-state index is 0. The van der Waals surface area contributed by atoms with Crippen LogP contribution in [0.1, 0.15) is 32.8 Å². The van der Waals surface area contributed by atoms with Crippen molar-refractivity contribution in [1.29, 1.82) is 0 Å². The highest BCUT2D eigenvalue weighted by Crippen LogP contribution is 2.52. The maximum Gasteiger partial charge on any atom is 0.191 e. The third kappa shape index (κ3) is 4.45. The molecule has 6 heteroatoms. The third-order valence-corrected chi connectivity index (χ3v) is 5.30. The van der Waals surface area contributed by atoms with Crippen molar-refractivity contribution in [1.82, 2.24) is 10.6 Å². The molecule has 2 aliphatic rings. The molecule has 1 aromatic carbocycles. The Morgan fingerprint density at radius 3 is 2.92 bits per heavy atom. The summed E-state index contributed by atoms with van der Waals surface area (Å²) in [6.45, 7) is 8.91. The van der Waals surface area contributed by atoms with Gasteiger partial charge in [-0.05, 0) is 37.5 Å². The Labute approximate surface area is 167 Å². The van der Waals surface area contributed by atoms with Gasteiger partial charge in [0.15, 0.2) is 5.96 Å². The van der Waals surface area contributed by atoms with Crippen molar-refractivity contribution in [3.8, 4) is 0 Å². The van der Waals surface area contributed by atoms with Crippen molar-refractivity contribution >= 4 is 29.9 Å². The largest absolute Gasteiger partial charge is 0.377 e. The van der Waals surface area contributed by atoms with Crippen LogP contribution in [0.15, 0.2) is 29.3 Å². The van der Waals surface area contributed by atoms with Gasteiger partial charge in [0.05, 0.1) is 6.10 Å². The second-order valence-electron chi connectivity index (χ2n) is 7.33. The molecule has 1 aromatic rings. The van der Waals surface area contributed by atoms with E-state index in [0.29, 0.717) is 24.6 Å². The molecule has 25 heavy (non-hydrogen) atoms. The molecule has 140 valence electrons. The van der Waals surface area contributed by atoms with Crippen LogP contribution in [0.5, 0.6) is 0 Å². The summed E-state index contributed by atoms with van der Waals surface area (Å²) in [5.41, 5.74) is 1.10. The lowest BCUT2D eigenvalue weighted by Gasteiger charge is -2.54. The first-order valence-electron chi connectivity index (χ1n) is 8.93. The molecule has 3 unspecified atom stereocenters. The Balaban J connectivity index is 0.00000225. The van der Waals surface area contributed by atoms with Crippen LogP contribution >= 0.6 is 24.0 Å². The molecule has 0 amide bonds. The molecule has 0 aromatic heterocycles. The number of nitrogens with zero attached hydrogens (tertiary/aromatic N) is 1. The fourth-order valence-electron chi connectivity index (χ4n) is 4.07. The van der Waals surface area contributed by atoms with Crippen molar-refractivity contribution in [2.24, 2.45) is 16.3 Å². The summed E-state index contributed by atoms with van der Waals surface area (Å²) < 4.78 is 19.1. The second-order valence-corrected chi connectivity index (χ2v) is 7.33. The van der Waals surface area contributed by atoms with Crippen LogP contribution in [0, 0.1) is 17.2 Å². The summed E-state index contributed by atoms with van der Waals surface area (Å²) in [5.74, 6) is 1.23. The van der Waals surface area contributed by atoms with E-state index in [-0.39, 0.29) is 35.2 Å². The summed E-state index contributed by atoms with van der Waals surface area (Å²) >= 11 is 0. The van der Waals surface area contributed by atoms with E-state index in [0.717, 1.165) is 37.5 Å². The van der Waals surface area contributed by atoms with Crippen molar-refractivity contribution in [3.05, 3.63) is 35.6 Å². The molecule has 1 saturated heterocycles. The lowest BCUT2D eigenvalue weighted by Crippen LogP contribution is -2.68. The predicted octanol–water partition coefficient (Wildman–Crippen LogP) is 3.35. The molecule has 1 heterocycles. The molecular formula is C19H29FIN3O. The number of guanidine groups is 1. The SMILES string of the molecule is CCNC(=NCCc1cccc(F)c1)NC1C2CCOC2C1(C)C.I. The van der Waals surface area contributed by atoms with E-state index in [1.165, 1.54) is 6.07 Å². The van der Waals surface area contributed by atoms with Gasteiger partial charge in [0, 0.05) is 37.1 Å². The Bertz CT molecular complexity index is 608. The van der Waals surface area contributed by atoms with E-state index in [2.05, 4.69) is 36.4 Å². The smallest absolute Gasteiger partial charge is 0.191 e. The van der Waals surface area contributed by atoms with E-state index in [1.54, 1.807) is 12.1 Å². The number of hydrogen-bond donors (Lipinski definition) is 2. The molecule has 4 nitrogen and oxygen atoms in total. The summed E-state index contributed by atoms with van der Waals surface area (Å²) in [5, 5.41) is 6.92. The van der Waals surface area contributed by atoms with E-state index in [1.807, 2.05) is 6.07 Å². The number of fused-ring (bicyclic) bond motifs is 1. The molecule has 2 fully saturated rings. The van der Waals surface area contributed by atoms with Gasteiger partial charge in [-0.1, -0.05) is 26.0 Å². The maximum atomic E-state index is 13.2. The van der Waals surface area contributed by atoms with Crippen molar-refractivity contribution in [2.75, 3.05) is 19.7 Å². The Morgan fingerprint density at radius 1 is 1.40 bits per heavy atom. The minimum atomic E-state index is -0.190.